The Morgan fingerprint density at radius 2 is 1.59 bits per heavy atom. The second-order valence-corrected chi connectivity index (χ2v) is 8.32. The molecule has 0 N–H and O–H groups in total. The third-order valence-corrected chi connectivity index (χ3v) is 6.74. The average molecular weight is 513 g/mol. The quantitative estimate of drug-likeness (QED) is 0.260. The monoisotopic (exact) mass is 511 g/mol. The van der Waals surface area contributed by atoms with E-state index in [1.165, 1.54) is 10.5 Å². The van der Waals surface area contributed by atoms with E-state index in [4.69, 9.17) is 10.2 Å². The fourth-order valence-corrected chi connectivity index (χ4v) is 5.18. The molecule has 7 heteroatoms. The summed E-state index contributed by atoms with van der Waals surface area (Å²) in [7, 11) is 0. The number of rotatable bonds is 8. The van der Waals surface area contributed by atoms with Gasteiger partial charge in [-0.2, -0.15) is 0 Å². The molecule has 0 spiro atoms. The van der Waals surface area contributed by atoms with Gasteiger partial charge in [-0.3, -0.25) is 0 Å². The highest BCUT2D eigenvalue weighted by atomic mass is 79.9. The molecule has 4 rings (SSSR count). The lowest BCUT2D eigenvalue weighted by Crippen LogP contribution is -3.00. The van der Waals surface area contributed by atoms with Gasteiger partial charge in [-0.05, 0) is 50.2 Å². The van der Waals surface area contributed by atoms with Crippen molar-refractivity contribution in [2.45, 2.75) is 40.8 Å². The van der Waals surface area contributed by atoms with Crippen LogP contribution in [0.4, 0.5) is 15.8 Å². The van der Waals surface area contributed by atoms with Crippen molar-refractivity contribution in [2.24, 2.45) is 10.2 Å². The smallest absolute Gasteiger partial charge is 0.410 e. The number of anilines is 1. The fraction of sp³-hybridized carbons (Fsp3) is 0.320. The molecule has 0 aliphatic heterocycles. The van der Waals surface area contributed by atoms with Gasteiger partial charge in [-0.25, -0.2) is 4.57 Å². The SMILES string of the molecule is CCN(CC)c1c[n+](CC)c(/N=N/c2c(-c3ccccc3)n(CC)c3ccccc23)s1.[Br-]. The highest BCUT2D eigenvalue weighted by Gasteiger charge is 2.22. The summed E-state index contributed by atoms with van der Waals surface area (Å²) < 4.78 is 4.52. The van der Waals surface area contributed by atoms with Crippen LogP contribution in [-0.4, -0.2) is 17.7 Å². The molecule has 2 heterocycles. The Balaban J connectivity index is 0.00000289. The molecule has 2 aromatic heterocycles. The molecular formula is C25H30BrN5S. The van der Waals surface area contributed by atoms with Crippen molar-refractivity contribution in [3.8, 4) is 11.3 Å². The Hall–Kier alpha value is -2.51. The van der Waals surface area contributed by atoms with E-state index in [0.29, 0.717) is 0 Å². The van der Waals surface area contributed by atoms with Crippen molar-refractivity contribution in [3.63, 3.8) is 0 Å². The molecule has 0 aliphatic rings. The third-order valence-electron chi connectivity index (χ3n) is 5.67. The number of hydrogen-bond acceptors (Lipinski definition) is 4. The molecule has 0 radical (unpaired) electrons. The van der Waals surface area contributed by atoms with Gasteiger partial charge >= 0.3 is 5.13 Å². The molecule has 0 unspecified atom stereocenters. The van der Waals surface area contributed by atoms with Crippen LogP contribution in [0.2, 0.25) is 0 Å². The molecule has 2 aromatic carbocycles. The molecule has 0 fully saturated rings. The highest BCUT2D eigenvalue weighted by molar-refractivity contribution is 7.18. The topological polar surface area (TPSA) is 36.8 Å². The van der Waals surface area contributed by atoms with Crippen LogP contribution in [0.3, 0.4) is 0 Å². The van der Waals surface area contributed by atoms with Crippen LogP contribution in [-0.2, 0) is 13.1 Å². The molecule has 168 valence electrons. The minimum atomic E-state index is 0. The van der Waals surface area contributed by atoms with Crippen LogP contribution >= 0.6 is 11.3 Å². The minimum Gasteiger partial charge on any atom is -1.00 e. The maximum absolute atomic E-state index is 4.86. The van der Waals surface area contributed by atoms with Crippen molar-refractivity contribution in [2.75, 3.05) is 18.0 Å². The van der Waals surface area contributed by atoms with Gasteiger partial charge in [-0.15, -0.1) is 0 Å². The zero-order chi connectivity index (χ0) is 21.8. The van der Waals surface area contributed by atoms with Crippen molar-refractivity contribution in [3.05, 3.63) is 60.8 Å². The van der Waals surface area contributed by atoms with Gasteiger partial charge in [0.25, 0.3) is 0 Å². The predicted molar refractivity (Wildman–Crippen MR) is 131 cm³/mol. The zero-order valence-corrected chi connectivity index (χ0v) is 21.5. The van der Waals surface area contributed by atoms with Gasteiger partial charge in [-0.1, -0.05) is 48.5 Å². The van der Waals surface area contributed by atoms with E-state index in [1.54, 1.807) is 11.3 Å². The molecule has 0 saturated heterocycles. The van der Waals surface area contributed by atoms with Gasteiger partial charge < -0.3 is 26.4 Å². The number of hydrogen-bond donors (Lipinski definition) is 0. The van der Waals surface area contributed by atoms with E-state index in [0.717, 1.165) is 53.6 Å². The largest absolute Gasteiger partial charge is 1.00 e. The number of halogens is 1. The molecule has 5 nitrogen and oxygen atoms in total. The van der Waals surface area contributed by atoms with Crippen molar-refractivity contribution < 1.29 is 21.5 Å². The highest BCUT2D eigenvalue weighted by Crippen LogP contribution is 2.41. The lowest BCUT2D eigenvalue weighted by molar-refractivity contribution is -0.676. The van der Waals surface area contributed by atoms with Crippen LogP contribution in [0.15, 0.2) is 71.0 Å². The van der Waals surface area contributed by atoms with E-state index in [-0.39, 0.29) is 17.0 Å². The van der Waals surface area contributed by atoms with Crippen LogP contribution in [0.1, 0.15) is 27.7 Å². The van der Waals surface area contributed by atoms with Crippen molar-refractivity contribution >= 4 is 38.1 Å². The summed E-state index contributed by atoms with van der Waals surface area (Å²) in [5, 5.41) is 12.9. The van der Waals surface area contributed by atoms with Gasteiger partial charge in [0.05, 0.1) is 22.9 Å². The Morgan fingerprint density at radius 3 is 2.25 bits per heavy atom. The van der Waals surface area contributed by atoms with Crippen LogP contribution in [0.5, 0.6) is 0 Å². The van der Waals surface area contributed by atoms with Crippen LogP contribution < -0.4 is 26.4 Å². The first kappa shape index (κ1) is 24.1. The summed E-state index contributed by atoms with van der Waals surface area (Å²) in [6.07, 6.45) is 2.19. The maximum Gasteiger partial charge on any atom is 0.410 e. The lowest BCUT2D eigenvalue weighted by Gasteiger charge is -2.16. The number of fused-ring (bicyclic) bond motifs is 1. The Bertz CT molecular complexity index is 1190. The molecule has 0 bridgehead atoms. The normalized spacial score (nSPS) is 11.2. The first-order valence-electron chi connectivity index (χ1n) is 11.1. The van der Waals surface area contributed by atoms with E-state index < -0.39 is 0 Å². The van der Waals surface area contributed by atoms with E-state index in [2.05, 4.69) is 96.5 Å². The average Bonchev–Trinajstić information content (AvgIpc) is 3.37. The number of aryl methyl sites for hydroxylation is 2. The predicted octanol–water partition coefficient (Wildman–Crippen LogP) is 3.96. The van der Waals surface area contributed by atoms with E-state index >= 15 is 0 Å². The van der Waals surface area contributed by atoms with Gasteiger partial charge in [0.2, 0.25) is 0 Å². The Kier molecular flexibility index (Phi) is 8.21. The molecule has 0 amide bonds. The second kappa shape index (κ2) is 10.9. The van der Waals surface area contributed by atoms with Gasteiger partial charge in [0, 0.05) is 30.6 Å². The van der Waals surface area contributed by atoms with Crippen molar-refractivity contribution in [1.82, 2.24) is 4.57 Å². The summed E-state index contributed by atoms with van der Waals surface area (Å²) >= 11 is 1.70. The van der Waals surface area contributed by atoms with Gasteiger partial charge in [0.1, 0.15) is 16.9 Å². The van der Waals surface area contributed by atoms with E-state index in [9.17, 15) is 0 Å². The number of benzene rings is 2. The molecule has 4 aromatic rings. The molecular weight excluding hydrogens is 482 g/mol. The standard InChI is InChI=1S/C25H30N5S.BrH/c1-5-28(6-2)22-18-29(7-3)25(31-22)27-26-23-20-16-12-13-17-21(20)30(8-4)24(23)19-14-10-9-11-15-19;/h9-18H,5-8H2,1-4H3;1H/q+1;/p-1. The summed E-state index contributed by atoms with van der Waals surface area (Å²) in [5.41, 5.74) is 4.41. The van der Waals surface area contributed by atoms with Gasteiger partial charge in [0.15, 0.2) is 0 Å². The Labute approximate surface area is 204 Å². The maximum atomic E-state index is 4.86. The molecule has 0 aliphatic carbocycles. The molecule has 32 heavy (non-hydrogen) atoms. The molecule has 0 saturated carbocycles. The minimum absolute atomic E-state index is 0. The fourth-order valence-electron chi connectivity index (χ4n) is 4.05. The first-order valence-corrected chi connectivity index (χ1v) is 11.9. The van der Waals surface area contributed by atoms with E-state index in [1.807, 2.05) is 6.07 Å². The third kappa shape index (κ3) is 4.50. The summed E-state index contributed by atoms with van der Waals surface area (Å²) in [6.45, 7) is 12.4. The van der Waals surface area contributed by atoms with Crippen molar-refractivity contribution in [1.29, 1.82) is 0 Å². The first-order chi connectivity index (χ1) is 15.2. The zero-order valence-electron chi connectivity index (χ0n) is 19.1. The second-order valence-electron chi connectivity index (χ2n) is 7.33. The Morgan fingerprint density at radius 1 is 0.906 bits per heavy atom. The lowest BCUT2D eigenvalue weighted by atomic mass is 10.1. The number of nitrogens with zero attached hydrogens (tertiary/aromatic N) is 5. The summed E-state index contributed by atoms with van der Waals surface area (Å²) in [6, 6.07) is 19.0. The number of aromatic nitrogens is 2. The summed E-state index contributed by atoms with van der Waals surface area (Å²) in [4.78, 5) is 2.36. The molecule has 0 atom stereocenters. The number of para-hydroxylation sites is 1. The summed E-state index contributed by atoms with van der Waals surface area (Å²) in [5.74, 6) is 0. The number of azo groups is 1. The number of thiazole rings is 1. The van der Waals surface area contributed by atoms with Crippen LogP contribution in [0.25, 0.3) is 22.2 Å². The van der Waals surface area contributed by atoms with Crippen LogP contribution in [0, 0.1) is 0 Å².